The summed E-state index contributed by atoms with van der Waals surface area (Å²) < 4.78 is 5.27. The van der Waals surface area contributed by atoms with Gasteiger partial charge in [0, 0.05) is 12.6 Å². The molecule has 3 nitrogen and oxygen atoms in total. The van der Waals surface area contributed by atoms with E-state index in [9.17, 15) is 0 Å². The molecule has 1 aromatic carbocycles. The van der Waals surface area contributed by atoms with Gasteiger partial charge < -0.3 is 9.73 Å². The number of hydrogen-bond donors (Lipinski definition) is 1. The lowest BCUT2D eigenvalue weighted by Crippen LogP contribution is -1.88. The summed E-state index contributed by atoms with van der Waals surface area (Å²) in [7, 11) is 1.80. The zero-order valence-electron chi connectivity index (χ0n) is 9.29. The van der Waals surface area contributed by atoms with Crippen molar-refractivity contribution in [1.29, 1.82) is 0 Å². The van der Waals surface area contributed by atoms with E-state index in [1.54, 1.807) is 13.3 Å². The maximum absolute atomic E-state index is 5.27. The predicted octanol–water partition coefficient (Wildman–Crippen LogP) is 2.87. The van der Waals surface area contributed by atoms with Gasteiger partial charge in [-0.15, -0.1) is 0 Å². The predicted molar refractivity (Wildman–Crippen MR) is 63.5 cm³/mol. The molecule has 0 spiro atoms. The molecule has 1 aliphatic carbocycles. The van der Waals surface area contributed by atoms with Crippen molar-refractivity contribution in [2.45, 2.75) is 19.3 Å². The first-order valence-corrected chi connectivity index (χ1v) is 5.62. The molecule has 16 heavy (non-hydrogen) atoms. The molecule has 0 atom stereocenters. The zero-order chi connectivity index (χ0) is 11.0. The number of nitrogens with zero attached hydrogens (tertiary/aromatic N) is 1. The van der Waals surface area contributed by atoms with Gasteiger partial charge in [-0.25, -0.2) is 0 Å². The highest BCUT2D eigenvalue weighted by Crippen LogP contribution is 2.28. The Balaban J connectivity index is 2.00. The van der Waals surface area contributed by atoms with E-state index in [0.717, 1.165) is 11.3 Å². The average Bonchev–Trinajstić information content (AvgIpc) is 2.96. The molecule has 3 heteroatoms. The lowest BCUT2D eigenvalue weighted by atomic mass is 10.1. The monoisotopic (exact) mass is 214 g/mol. The molecule has 1 heterocycles. The van der Waals surface area contributed by atoms with E-state index in [0.29, 0.717) is 6.01 Å². The molecule has 1 aliphatic rings. The molecule has 2 aromatic rings. The van der Waals surface area contributed by atoms with E-state index in [1.165, 1.54) is 30.4 Å². The molecule has 0 saturated carbocycles. The summed E-state index contributed by atoms with van der Waals surface area (Å²) in [4.78, 5) is 4.35. The third-order valence-electron chi connectivity index (χ3n) is 3.11. The fourth-order valence-corrected chi connectivity index (χ4v) is 2.25. The van der Waals surface area contributed by atoms with Gasteiger partial charge in [0.1, 0.15) is 12.0 Å². The van der Waals surface area contributed by atoms with Gasteiger partial charge in [0.05, 0.1) is 0 Å². The third kappa shape index (κ3) is 1.48. The standard InChI is InChI=1S/C13H14N2O/c1-14-13-15-12(8-16-13)11-6-5-9-3-2-4-10(9)7-11/h5-8H,2-4H2,1H3,(H,14,15). The Hall–Kier alpha value is -1.77. The van der Waals surface area contributed by atoms with Crippen molar-refractivity contribution in [3.05, 3.63) is 35.6 Å². The molecule has 1 aromatic heterocycles. The number of oxazole rings is 1. The van der Waals surface area contributed by atoms with Crippen LogP contribution in [-0.4, -0.2) is 12.0 Å². The number of rotatable bonds is 2. The maximum atomic E-state index is 5.27. The molecule has 0 radical (unpaired) electrons. The zero-order valence-corrected chi connectivity index (χ0v) is 9.29. The van der Waals surface area contributed by atoms with Crippen LogP contribution >= 0.6 is 0 Å². The number of hydrogen-bond acceptors (Lipinski definition) is 3. The van der Waals surface area contributed by atoms with Crippen molar-refractivity contribution in [3.8, 4) is 11.3 Å². The van der Waals surface area contributed by atoms with Gasteiger partial charge in [0.2, 0.25) is 0 Å². The molecular weight excluding hydrogens is 200 g/mol. The van der Waals surface area contributed by atoms with Gasteiger partial charge >= 0.3 is 0 Å². The Labute approximate surface area is 94.5 Å². The van der Waals surface area contributed by atoms with Crippen molar-refractivity contribution >= 4 is 6.01 Å². The van der Waals surface area contributed by atoms with Crippen molar-refractivity contribution in [3.63, 3.8) is 0 Å². The summed E-state index contributed by atoms with van der Waals surface area (Å²) in [6.07, 6.45) is 5.39. The van der Waals surface area contributed by atoms with Crippen LogP contribution in [0.1, 0.15) is 17.5 Å². The molecule has 0 amide bonds. The Morgan fingerprint density at radius 1 is 1.25 bits per heavy atom. The van der Waals surface area contributed by atoms with Crippen LogP contribution in [0.5, 0.6) is 0 Å². The second-order valence-electron chi connectivity index (χ2n) is 4.12. The number of anilines is 1. The number of fused-ring (bicyclic) bond motifs is 1. The molecule has 0 unspecified atom stereocenters. The average molecular weight is 214 g/mol. The van der Waals surface area contributed by atoms with Gasteiger partial charge in [-0.3, -0.25) is 0 Å². The third-order valence-corrected chi connectivity index (χ3v) is 3.11. The lowest BCUT2D eigenvalue weighted by Gasteiger charge is -2.01. The van der Waals surface area contributed by atoms with Gasteiger partial charge in [-0.2, -0.15) is 4.98 Å². The molecular formula is C13H14N2O. The number of aryl methyl sites for hydroxylation is 2. The van der Waals surface area contributed by atoms with E-state index in [1.807, 2.05) is 0 Å². The topological polar surface area (TPSA) is 38.1 Å². The summed E-state index contributed by atoms with van der Waals surface area (Å²) >= 11 is 0. The molecule has 0 saturated heterocycles. The van der Waals surface area contributed by atoms with Gasteiger partial charge in [-0.1, -0.05) is 12.1 Å². The molecule has 0 fully saturated rings. The van der Waals surface area contributed by atoms with E-state index in [2.05, 4.69) is 28.5 Å². The van der Waals surface area contributed by atoms with Crippen molar-refractivity contribution in [2.75, 3.05) is 12.4 Å². The van der Waals surface area contributed by atoms with Gasteiger partial charge in [-0.05, 0) is 36.5 Å². The first kappa shape index (κ1) is 9.46. The first-order chi connectivity index (χ1) is 7.86. The number of aromatic nitrogens is 1. The molecule has 0 bridgehead atoms. The van der Waals surface area contributed by atoms with E-state index < -0.39 is 0 Å². The van der Waals surface area contributed by atoms with E-state index in [-0.39, 0.29) is 0 Å². The largest absolute Gasteiger partial charge is 0.432 e. The fourth-order valence-electron chi connectivity index (χ4n) is 2.25. The van der Waals surface area contributed by atoms with Crippen LogP contribution in [0.15, 0.2) is 28.9 Å². The van der Waals surface area contributed by atoms with Gasteiger partial charge in [0.15, 0.2) is 0 Å². The summed E-state index contributed by atoms with van der Waals surface area (Å²) in [5.74, 6) is 0. The van der Waals surface area contributed by atoms with Crippen LogP contribution in [-0.2, 0) is 12.8 Å². The number of nitrogens with one attached hydrogen (secondary N) is 1. The molecule has 0 aliphatic heterocycles. The van der Waals surface area contributed by atoms with Crippen molar-refractivity contribution in [2.24, 2.45) is 0 Å². The normalized spacial score (nSPS) is 13.8. The highest BCUT2D eigenvalue weighted by molar-refractivity contribution is 5.61. The quantitative estimate of drug-likeness (QED) is 0.835. The Morgan fingerprint density at radius 3 is 2.94 bits per heavy atom. The van der Waals surface area contributed by atoms with E-state index >= 15 is 0 Å². The minimum Gasteiger partial charge on any atom is -0.432 e. The van der Waals surface area contributed by atoms with Crippen LogP contribution < -0.4 is 5.32 Å². The van der Waals surface area contributed by atoms with Crippen LogP contribution in [0.2, 0.25) is 0 Å². The highest BCUT2D eigenvalue weighted by atomic mass is 16.4. The second-order valence-corrected chi connectivity index (χ2v) is 4.12. The fraction of sp³-hybridized carbons (Fsp3) is 0.308. The molecule has 1 N–H and O–H groups in total. The summed E-state index contributed by atoms with van der Waals surface area (Å²) in [6.45, 7) is 0. The van der Waals surface area contributed by atoms with Crippen LogP contribution in [0.3, 0.4) is 0 Å². The van der Waals surface area contributed by atoms with Crippen molar-refractivity contribution in [1.82, 2.24) is 4.98 Å². The summed E-state index contributed by atoms with van der Waals surface area (Å²) in [5, 5.41) is 2.89. The second kappa shape index (κ2) is 3.67. The lowest BCUT2D eigenvalue weighted by molar-refractivity contribution is 0.576. The summed E-state index contributed by atoms with van der Waals surface area (Å²) in [6, 6.07) is 7.14. The Morgan fingerprint density at radius 2 is 2.12 bits per heavy atom. The van der Waals surface area contributed by atoms with E-state index in [4.69, 9.17) is 4.42 Å². The summed E-state index contributed by atoms with van der Waals surface area (Å²) in [5.41, 5.74) is 5.00. The number of benzene rings is 1. The smallest absolute Gasteiger partial charge is 0.294 e. The first-order valence-electron chi connectivity index (χ1n) is 5.62. The molecule has 82 valence electrons. The van der Waals surface area contributed by atoms with Crippen LogP contribution in [0.25, 0.3) is 11.3 Å². The van der Waals surface area contributed by atoms with Crippen molar-refractivity contribution < 1.29 is 4.42 Å². The minimum atomic E-state index is 0.565. The highest BCUT2D eigenvalue weighted by Gasteiger charge is 2.12. The molecule has 3 rings (SSSR count). The maximum Gasteiger partial charge on any atom is 0.294 e. The Bertz CT molecular complexity index is 516. The SMILES string of the molecule is CNc1nc(-c2ccc3c(c2)CCC3)co1. The Kier molecular flexibility index (Phi) is 2.17. The van der Waals surface area contributed by atoms with Gasteiger partial charge in [0.25, 0.3) is 6.01 Å². The van der Waals surface area contributed by atoms with Crippen LogP contribution in [0.4, 0.5) is 6.01 Å². The minimum absolute atomic E-state index is 0.565. The van der Waals surface area contributed by atoms with Crippen LogP contribution in [0, 0.1) is 0 Å².